The van der Waals surface area contributed by atoms with E-state index in [1.54, 1.807) is 29.7 Å². The van der Waals surface area contributed by atoms with Gasteiger partial charge in [0.05, 0.1) is 29.2 Å². The highest BCUT2D eigenvalue weighted by Crippen LogP contribution is 2.33. The van der Waals surface area contributed by atoms with Crippen LogP contribution < -0.4 is 20.3 Å². The molecule has 0 aliphatic carbocycles. The molecule has 0 radical (unpaired) electrons. The second kappa shape index (κ2) is 7.87. The summed E-state index contributed by atoms with van der Waals surface area (Å²) in [4.78, 5) is 31.7. The second-order valence-electron chi connectivity index (χ2n) is 6.80. The number of benzene rings is 1. The topological polar surface area (TPSA) is 82.4 Å². The highest BCUT2D eigenvalue weighted by molar-refractivity contribution is 7.20. The van der Waals surface area contributed by atoms with Crippen LogP contribution in [0, 0.1) is 6.92 Å². The molecule has 1 N–H and O–H groups in total. The van der Waals surface area contributed by atoms with E-state index in [4.69, 9.17) is 9.47 Å². The molecule has 1 aliphatic rings. The number of amides is 1. The maximum atomic E-state index is 13.1. The van der Waals surface area contributed by atoms with Crippen LogP contribution in [0.1, 0.15) is 41.3 Å². The van der Waals surface area contributed by atoms with Gasteiger partial charge in [-0.3, -0.25) is 14.2 Å². The van der Waals surface area contributed by atoms with E-state index < -0.39 is 0 Å². The number of anilines is 1. The van der Waals surface area contributed by atoms with Gasteiger partial charge in [0, 0.05) is 19.0 Å². The van der Waals surface area contributed by atoms with Crippen molar-refractivity contribution in [3.05, 3.63) is 44.8 Å². The van der Waals surface area contributed by atoms with Crippen molar-refractivity contribution in [2.75, 3.05) is 18.5 Å². The van der Waals surface area contributed by atoms with Gasteiger partial charge in [0.25, 0.3) is 11.5 Å². The SMILES string of the molecule is CCOc1ccc(OCC)c(NC(=O)c2sc3nc4n(c(=O)c3c2C)CCC4)c1. The summed E-state index contributed by atoms with van der Waals surface area (Å²) >= 11 is 1.26. The molecule has 3 aromatic rings. The summed E-state index contributed by atoms with van der Waals surface area (Å²) in [5, 5.41) is 3.46. The number of fused-ring (bicyclic) bond motifs is 2. The summed E-state index contributed by atoms with van der Waals surface area (Å²) in [6.45, 7) is 7.28. The van der Waals surface area contributed by atoms with Gasteiger partial charge in [-0.05, 0) is 44.9 Å². The molecule has 0 saturated carbocycles. The number of hydrogen-bond acceptors (Lipinski definition) is 6. The normalized spacial score (nSPS) is 12.8. The summed E-state index contributed by atoms with van der Waals surface area (Å²) in [7, 11) is 0. The van der Waals surface area contributed by atoms with E-state index in [1.807, 2.05) is 13.8 Å². The smallest absolute Gasteiger partial charge is 0.266 e. The zero-order valence-electron chi connectivity index (χ0n) is 16.7. The van der Waals surface area contributed by atoms with Gasteiger partial charge in [0.1, 0.15) is 22.2 Å². The standard InChI is InChI=1S/C21H23N3O4S/c1-4-27-13-8-9-15(28-5-2)14(11-13)22-19(25)18-12(3)17-20(29-18)23-16-7-6-10-24(16)21(17)26/h8-9,11H,4-7,10H2,1-3H3,(H,22,25). The summed E-state index contributed by atoms with van der Waals surface area (Å²) < 4.78 is 12.9. The number of aromatic nitrogens is 2. The van der Waals surface area contributed by atoms with Crippen LogP contribution in [0.5, 0.6) is 11.5 Å². The third-order valence-electron chi connectivity index (χ3n) is 4.93. The molecule has 1 aromatic carbocycles. The Morgan fingerprint density at radius 2 is 2.07 bits per heavy atom. The largest absolute Gasteiger partial charge is 0.494 e. The number of thiophene rings is 1. The molecule has 0 saturated heterocycles. The minimum Gasteiger partial charge on any atom is -0.494 e. The lowest BCUT2D eigenvalue weighted by Gasteiger charge is -2.13. The Labute approximate surface area is 172 Å². The number of hydrogen-bond donors (Lipinski definition) is 1. The van der Waals surface area contributed by atoms with Gasteiger partial charge < -0.3 is 14.8 Å². The first-order chi connectivity index (χ1) is 14.0. The molecule has 1 aliphatic heterocycles. The molecule has 0 fully saturated rings. The van der Waals surface area contributed by atoms with Crippen molar-refractivity contribution in [2.24, 2.45) is 0 Å². The fourth-order valence-electron chi connectivity index (χ4n) is 3.62. The Hall–Kier alpha value is -2.87. The van der Waals surface area contributed by atoms with Gasteiger partial charge in [-0.2, -0.15) is 0 Å². The number of ether oxygens (including phenoxy) is 2. The van der Waals surface area contributed by atoms with Gasteiger partial charge in [0.15, 0.2) is 0 Å². The molecule has 4 rings (SSSR count). The highest BCUT2D eigenvalue weighted by atomic mass is 32.1. The Morgan fingerprint density at radius 3 is 2.83 bits per heavy atom. The quantitative estimate of drug-likeness (QED) is 0.665. The molecule has 3 heterocycles. The number of carbonyl (C=O) groups excluding carboxylic acids is 1. The average Bonchev–Trinajstić information content (AvgIpc) is 3.29. The second-order valence-corrected chi connectivity index (χ2v) is 7.80. The Kier molecular flexibility index (Phi) is 5.27. The maximum absolute atomic E-state index is 13.1. The summed E-state index contributed by atoms with van der Waals surface area (Å²) in [5.41, 5.74) is 1.15. The van der Waals surface area contributed by atoms with Crippen molar-refractivity contribution in [2.45, 2.75) is 40.2 Å². The Balaban J connectivity index is 1.71. The van der Waals surface area contributed by atoms with E-state index in [0.717, 1.165) is 18.7 Å². The lowest BCUT2D eigenvalue weighted by molar-refractivity contribution is 0.102. The fraction of sp³-hybridized carbons (Fsp3) is 0.381. The van der Waals surface area contributed by atoms with E-state index in [2.05, 4.69) is 10.3 Å². The lowest BCUT2D eigenvalue weighted by Crippen LogP contribution is -2.20. The van der Waals surface area contributed by atoms with Crippen LogP contribution in [0.15, 0.2) is 23.0 Å². The van der Waals surface area contributed by atoms with Crippen LogP contribution in [0.25, 0.3) is 10.2 Å². The zero-order chi connectivity index (χ0) is 20.5. The fourth-order valence-corrected chi connectivity index (χ4v) is 4.70. The van der Waals surface area contributed by atoms with Crippen molar-refractivity contribution >= 4 is 33.1 Å². The monoisotopic (exact) mass is 413 g/mol. The summed E-state index contributed by atoms with van der Waals surface area (Å²) in [5.74, 6) is 1.74. The zero-order valence-corrected chi connectivity index (χ0v) is 17.5. The summed E-state index contributed by atoms with van der Waals surface area (Å²) in [6, 6.07) is 5.33. The van der Waals surface area contributed by atoms with Crippen LogP contribution >= 0.6 is 11.3 Å². The number of aryl methyl sites for hydroxylation is 2. The number of nitrogens with zero attached hydrogens (tertiary/aromatic N) is 2. The molecular weight excluding hydrogens is 390 g/mol. The van der Waals surface area contributed by atoms with E-state index in [-0.39, 0.29) is 11.5 Å². The van der Waals surface area contributed by atoms with E-state index in [1.165, 1.54) is 11.3 Å². The van der Waals surface area contributed by atoms with Crippen molar-refractivity contribution in [1.82, 2.24) is 9.55 Å². The van der Waals surface area contributed by atoms with Gasteiger partial charge >= 0.3 is 0 Å². The average molecular weight is 413 g/mol. The molecule has 2 aromatic heterocycles. The first-order valence-corrected chi connectivity index (χ1v) is 10.6. The molecular formula is C21H23N3O4S. The van der Waals surface area contributed by atoms with Crippen molar-refractivity contribution in [1.29, 1.82) is 0 Å². The van der Waals surface area contributed by atoms with Crippen LogP contribution in [-0.2, 0) is 13.0 Å². The van der Waals surface area contributed by atoms with Crippen molar-refractivity contribution in [3.8, 4) is 11.5 Å². The highest BCUT2D eigenvalue weighted by Gasteiger charge is 2.24. The minimum absolute atomic E-state index is 0.0522. The predicted molar refractivity (Wildman–Crippen MR) is 114 cm³/mol. The number of carbonyl (C=O) groups is 1. The molecule has 29 heavy (non-hydrogen) atoms. The number of rotatable bonds is 6. The van der Waals surface area contributed by atoms with Gasteiger partial charge in [-0.1, -0.05) is 0 Å². The molecule has 8 heteroatoms. The van der Waals surface area contributed by atoms with Crippen LogP contribution in [0.3, 0.4) is 0 Å². The Morgan fingerprint density at radius 1 is 1.28 bits per heavy atom. The molecule has 7 nitrogen and oxygen atoms in total. The molecule has 152 valence electrons. The molecule has 0 atom stereocenters. The van der Waals surface area contributed by atoms with Crippen molar-refractivity contribution in [3.63, 3.8) is 0 Å². The van der Waals surface area contributed by atoms with E-state index >= 15 is 0 Å². The van der Waals surface area contributed by atoms with Crippen LogP contribution in [0.2, 0.25) is 0 Å². The third-order valence-corrected chi connectivity index (χ3v) is 6.11. The molecule has 1 amide bonds. The minimum atomic E-state index is -0.287. The van der Waals surface area contributed by atoms with Crippen molar-refractivity contribution < 1.29 is 14.3 Å². The molecule has 0 bridgehead atoms. The lowest BCUT2D eigenvalue weighted by atomic mass is 10.2. The van der Waals surface area contributed by atoms with E-state index in [9.17, 15) is 9.59 Å². The van der Waals surface area contributed by atoms with Gasteiger partial charge in [0.2, 0.25) is 0 Å². The summed E-state index contributed by atoms with van der Waals surface area (Å²) in [6.07, 6.45) is 1.73. The van der Waals surface area contributed by atoms with Gasteiger partial charge in [-0.15, -0.1) is 11.3 Å². The first kappa shape index (κ1) is 19.4. The van der Waals surface area contributed by atoms with E-state index in [0.29, 0.717) is 57.6 Å². The van der Waals surface area contributed by atoms with Crippen LogP contribution in [-0.4, -0.2) is 28.7 Å². The molecule has 0 unspecified atom stereocenters. The first-order valence-electron chi connectivity index (χ1n) is 9.77. The predicted octanol–water partition coefficient (Wildman–Crippen LogP) is 3.76. The molecule has 0 spiro atoms. The third kappa shape index (κ3) is 3.48. The van der Waals surface area contributed by atoms with Crippen LogP contribution in [0.4, 0.5) is 5.69 Å². The van der Waals surface area contributed by atoms with Gasteiger partial charge in [-0.25, -0.2) is 4.98 Å². The Bertz CT molecular complexity index is 1150. The number of nitrogens with one attached hydrogen (secondary N) is 1. The maximum Gasteiger partial charge on any atom is 0.266 e.